The number of hydrogen-bond donors (Lipinski definition) is 0. The second-order valence-corrected chi connectivity index (χ2v) is 20.0. The van der Waals surface area contributed by atoms with Crippen LogP contribution in [0.25, 0.3) is 88.9 Å². The predicted octanol–water partition coefficient (Wildman–Crippen LogP) is 20.6. The second-order valence-electron chi connectivity index (χ2n) is 20.0. The lowest BCUT2D eigenvalue weighted by atomic mass is 9.83. The highest BCUT2D eigenvalue weighted by Crippen LogP contribution is 2.54. The monoisotopic (exact) mass is 946 g/mol. The molecule has 0 unspecified atom stereocenters. The Morgan fingerprint density at radius 2 is 0.446 bits per heavy atom. The molecule has 352 valence electrons. The van der Waals surface area contributed by atoms with E-state index in [-0.39, 0.29) is 0 Å². The Morgan fingerprint density at radius 1 is 0.216 bits per heavy atom. The fourth-order valence-electron chi connectivity index (χ4n) is 11.3. The summed E-state index contributed by atoms with van der Waals surface area (Å²) in [6, 6.07) is 85.6. The normalized spacial score (nSPS) is 11.9. The summed E-state index contributed by atoms with van der Waals surface area (Å²) in [6.45, 7) is 8.59. The first kappa shape index (κ1) is 44.7. The molecule has 0 fully saturated rings. The Bertz CT molecular complexity index is 4000. The van der Waals surface area contributed by atoms with Gasteiger partial charge in [-0.25, -0.2) is 0 Å². The first-order chi connectivity index (χ1) is 36.3. The molecule has 0 atom stereocenters. The number of rotatable bonds is 10. The summed E-state index contributed by atoms with van der Waals surface area (Å²) >= 11 is 0. The molecule has 0 N–H and O–H groups in total. The third kappa shape index (κ3) is 7.84. The van der Waals surface area contributed by atoms with Gasteiger partial charge in [-0.1, -0.05) is 229 Å². The van der Waals surface area contributed by atoms with Gasteiger partial charge in [0.1, 0.15) is 0 Å². The van der Waals surface area contributed by atoms with Crippen molar-refractivity contribution in [1.82, 2.24) is 0 Å². The molecular formula is C72H54N2. The van der Waals surface area contributed by atoms with Gasteiger partial charge in [-0.3, -0.25) is 0 Å². The largest absolute Gasteiger partial charge is 0.309 e. The zero-order valence-corrected chi connectivity index (χ0v) is 42.1. The lowest BCUT2D eigenvalue weighted by Crippen LogP contribution is -2.12. The van der Waals surface area contributed by atoms with Crippen molar-refractivity contribution in [3.8, 4) is 0 Å². The molecule has 0 spiro atoms. The van der Waals surface area contributed by atoms with Gasteiger partial charge in [0.25, 0.3) is 0 Å². The van der Waals surface area contributed by atoms with E-state index in [0.29, 0.717) is 0 Å². The molecule has 0 bridgehead atoms. The van der Waals surface area contributed by atoms with E-state index >= 15 is 0 Å². The van der Waals surface area contributed by atoms with E-state index < -0.39 is 0 Å². The SMILES string of the molecule is Cc1ccc(C=Cc2ccc(N(c3ccc(C)cc3)c3c4ccccc4c4c5cccc6c(N(c7ccc(C)cc7)c7ccc(C=Cc8ccc(C)cc8)cc7)c7ccccc7c(c7cccc3c74)c65)cc2)cc1. The van der Waals surface area contributed by atoms with Crippen LogP contribution < -0.4 is 9.80 Å². The fourth-order valence-corrected chi connectivity index (χ4v) is 11.3. The van der Waals surface area contributed by atoms with Gasteiger partial charge in [-0.05, 0) is 131 Å². The van der Waals surface area contributed by atoms with Gasteiger partial charge >= 0.3 is 0 Å². The molecule has 2 nitrogen and oxygen atoms in total. The highest BCUT2D eigenvalue weighted by atomic mass is 15.2. The molecular weight excluding hydrogens is 893 g/mol. The average molecular weight is 947 g/mol. The summed E-state index contributed by atoms with van der Waals surface area (Å²) in [5.74, 6) is 0. The molecule has 0 amide bonds. The molecule has 0 radical (unpaired) electrons. The molecule has 2 heteroatoms. The fraction of sp³-hybridized carbons (Fsp3) is 0.0556. The van der Waals surface area contributed by atoms with Crippen molar-refractivity contribution in [3.05, 3.63) is 275 Å². The second kappa shape index (κ2) is 18.4. The van der Waals surface area contributed by atoms with Gasteiger partial charge in [0.2, 0.25) is 0 Å². The number of benzene rings is 13. The van der Waals surface area contributed by atoms with E-state index in [9.17, 15) is 0 Å². The highest BCUT2D eigenvalue weighted by molar-refractivity contribution is 6.45. The Hall–Kier alpha value is -9.24. The minimum Gasteiger partial charge on any atom is -0.309 e. The molecule has 13 rings (SSSR count). The van der Waals surface area contributed by atoms with Crippen molar-refractivity contribution in [2.75, 3.05) is 9.80 Å². The molecule has 0 heterocycles. The number of nitrogens with zero attached hydrogens (tertiary/aromatic N) is 2. The van der Waals surface area contributed by atoms with Crippen LogP contribution in [0.1, 0.15) is 44.5 Å². The summed E-state index contributed by atoms with van der Waals surface area (Å²) in [6.07, 6.45) is 8.80. The Balaban J connectivity index is 1.05. The lowest BCUT2D eigenvalue weighted by Gasteiger charge is -2.31. The third-order valence-electron chi connectivity index (χ3n) is 15.0. The summed E-state index contributed by atoms with van der Waals surface area (Å²) in [5.41, 5.74) is 16.5. The van der Waals surface area contributed by atoms with Crippen molar-refractivity contribution in [3.63, 3.8) is 0 Å². The van der Waals surface area contributed by atoms with Crippen LogP contribution in [0, 0.1) is 27.7 Å². The molecule has 0 aliphatic rings. The molecule has 74 heavy (non-hydrogen) atoms. The van der Waals surface area contributed by atoms with Crippen molar-refractivity contribution in [1.29, 1.82) is 0 Å². The topological polar surface area (TPSA) is 6.48 Å². The van der Waals surface area contributed by atoms with Crippen LogP contribution in [-0.2, 0) is 0 Å². The first-order valence-corrected chi connectivity index (χ1v) is 25.7. The molecule has 0 aliphatic heterocycles. The summed E-state index contributed by atoms with van der Waals surface area (Å²) < 4.78 is 0. The van der Waals surface area contributed by atoms with Crippen LogP contribution in [0.2, 0.25) is 0 Å². The quantitative estimate of drug-likeness (QED) is 0.0766. The minimum atomic E-state index is 1.10. The van der Waals surface area contributed by atoms with Crippen molar-refractivity contribution in [2.24, 2.45) is 0 Å². The standard InChI is InChI=1S/C72H54N2/c1-47-19-27-51(28-20-47)31-33-53-35-43-57(44-36-53)73(55-39-23-49(3)24-40-55)71-61-13-7-5-11-59(61)67-64-16-10-18-66-70(64)68(63-15-9-17-65(71)69(63)67)60-12-6-8-14-62(60)72(66)74(56-41-25-50(4)26-42-56)58-45-37-54(38-46-58)34-32-52-29-21-48(2)22-30-52/h5-46H,1-4H3. The van der Waals surface area contributed by atoms with E-state index in [1.165, 1.54) is 109 Å². The summed E-state index contributed by atoms with van der Waals surface area (Å²) in [7, 11) is 0. The van der Waals surface area contributed by atoms with Gasteiger partial charge in [-0.2, -0.15) is 0 Å². The molecule has 0 saturated heterocycles. The molecule has 0 saturated carbocycles. The summed E-state index contributed by atoms with van der Waals surface area (Å²) in [4.78, 5) is 4.97. The smallest absolute Gasteiger partial charge is 0.0619 e. The van der Waals surface area contributed by atoms with E-state index in [1.54, 1.807) is 0 Å². The van der Waals surface area contributed by atoms with Crippen LogP contribution in [0.3, 0.4) is 0 Å². The summed E-state index contributed by atoms with van der Waals surface area (Å²) in [5, 5.41) is 14.9. The van der Waals surface area contributed by atoms with E-state index in [4.69, 9.17) is 0 Å². The third-order valence-corrected chi connectivity index (χ3v) is 15.0. The molecule has 13 aromatic rings. The maximum Gasteiger partial charge on any atom is 0.0619 e. The number of anilines is 6. The van der Waals surface area contributed by atoms with E-state index in [1.807, 2.05) is 0 Å². The van der Waals surface area contributed by atoms with E-state index in [2.05, 4.69) is 292 Å². The Kier molecular flexibility index (Phi) is 11.1. The molecule has 0 aliphatic carbocycles. The zero-order valence-electron chi connectivity index (χ0n) is 42.1. The maximum absolute atomic E-state index is 2.48. The Morgan fingerprint density at radius 3 is 0.770 bits per heavy atom. The van der Waals surface area contributed by atoms with Crippen LogP contribution in [-0.4, -0.2) is 0 Å². The van der Waals surface area contributed by atoms with Crippen LogP contribution >= 0.6 is 0 Å². The Labute approximate surface area is 433 Å². The van der Waals surface area contributed by atoms with Crippen LogP contribution in [0.15, 0.2) is 231 Å². The zero-order chi connectivity index (χ0) is 49.9. The first-order valence-electron chi connectivity index (χ1n) is 25.7. The van der Waals surface area contributed by atoms with Crippen molar-refractivity contribution in [2.45, 2.75) is 27.7 Å². The minimum absolute atomic E-state index is 1.10. The number of hydrogen-bond acceptors (Lipinski definition) is 2. The van der Waals surface area contributed by atoms with Gasteiger partial charge in [0.15, 0.2) is 0 Å². The van der Waals surface area contributed by atoms with Crippen molar-refractivity contribution >= 4 is 123 Å². The lowest BCUT2D eigenvalue weighted by molar-refractivity contribution is 1.30. The van der Waals surface area contributed by atoms with Crippen molar-refractivity contribution < 1.29 is 0 Å². The van der Waals surface area contributed by atoms with Gasteiger partial charge < -0.3 is 9.80 Å². The van der Waals surface area contributed by atoms with Gasteiger partial charge in [-0.15, -0.1) is 0 Å². The predicted molar refractivity (Wildman–Crippen MR) is 322 cm³/mol. The number of fused-ring (bicyclic) bond motifs is 6. The number of aryl methyl sites for hydroxylation is 4. The van der Waals surface area contributed by atoms with Crippen LogP contribution in [0.5, 0.6) is 0 Å². The highest BCUT2D eigenvalue weighted by Gasteiger charge is 2.27. The maximum atomic E-state index is 2.48. The van der Waals surface area contributed by atoms with Gasteiger partial charge in [0, 0.05) is 55.1 Å². The molecule has 0 aromatic heterocycles. The average Bonchev–Trinajstić information content (AvgIpc) is 3.46. The van der Waals surface area contributed by atoms with Crippen LogP contribution in [0.4, 0.5) is 34.1 Å². The van der Waals surface area contributed by atoms with Gasteiger partial charge in [0.05, 0.1) is 11.4 Å². The van der Waals surface area contributed by atoms with E-state index in [0.717, 1.165) is 33.9 Å². The molecule has 13 aromatic carbocycles.